The van der Waals surface area contributed by atoms with Crippen molar-refractivity contribution in [2.24, 2.45) is 4.36 Å². The summed E-state index contributed by atoms with van der Waals surface area (Å²) in [7, 11) is -2.18. The molecule has 1 unspecified atom stereocenters. The van der Waals surface area contributed by atoms with Gasteiger partial charge in [0, 0.05) is 12.0 Å². The van der Waals surface area contributed by atoms with E-state index in [0.717, 1.165) is 16.2 Å². The fraction of sp³-hybridized carbons (Fsp3) is 0.200. The summed E-state index contributed by atoms with van der Waals surface area (Å²) in [6.07, 6.45) is 3.64. The molecule has 0 bridgehead atoms. The highest BCUT2D eigenvalue weighted by Gasteiger charge is 2.13. The smallest absolute Gasteiger partial charge is 0.0774 e. The van der Waals surface area contributed by atoms with Gasteiger partial charge in [0.15, 0.2) is 0 Å². The van der Waals surface area contributed by atoms with E-state index in [0.29, 0.717) is 0 Å². The average molecular weight is 193 g/mol. The summed E-state index contributed by atoms with van der Waals surface area (Å²) in [6.45, 7) is 1.87. The maximum atomic E-state index is 12.0. The molecule has 1 aromatic rings. The summed E-state index contributed by atoms with van der Waals surface area (Å²) in [5, 5.41) is 0. The Labute approximate surface area is 78.5 Å². The van der Waals surface area contributed by atoms with Crippen molar-refractivity contribution in [2.45, 2.75) is 11.8 Å². The van der Waals surface area contributed by atoms with Crippen molar-refractivity contribution in [1.82, 2.24) is 0 Å². The third-order valence-corrected chi connectivity index (χ3v) is 3.83. The number of hydrogen-bond donors (Lipinski definition) is 0. The van der Waals surface area contributed by atoms with E-state index in [4.69, 9.17) is 0 Å². The zero-order chi connectivity index (χ0) is 9.47. The first-order valence-electron chi connectivity index (χ1n) is 4.09. The molecule has 3 heteroatoms. The van der Waals surface area contributed by atoms with Crippen molar-refractivity contribution in [1.29, 1.82) is 0 Å². The second-order valence-corrected chi connectivity index (χ2v) is 5.44. The van der Waals surface area contributed by atoms with Crippen LogP contribution in [0.3, 0.4) is 0 Å². The van der Waals surface area contributed by atoms with Crippen molar-refractivity contribution < 1.29 is 4.21 Å². The SMILES string of the molecule is CC1=Cc2ccccc2S(C)(=O)=N1. The molecule has 0 N–H and O–H groups in total. The van der Waals surface area contributed by atoms with E-state index >= 15 is 0 Å². The van der Waals surface area contributed by atoms with Gasteiger partial charge in [-0.3, -0.25) is 0 Å². The van der Waals surface area contributed by atoms with Crippen molar-refractivity contribution in [3.8, 4) is 0 Å². The summed E-state index contributed by atoms with van der Waals surface area (Å²) < 4.78 is 16.2. The molecule has 1 aliphatic rings. The third kappa shape index (κ3) is 1.40. The quantitative estimate of drug-likeness (QED) is 0.622. The van der Waals surface area contributed by atoms with E-state index in [1.165, 1.54) is 0 Å². The maximum absolute atomic E-state index is 12.0. The molecule has 68 valence electrons. The predicted molar refractivity (Wildman–Crippen MR) is 54.9 cm³/mol. The minimum Gasteiger partial charge on any atom is -0.245 e. The molecule has 0 aromatic heterocycles. The number of allylic oxidation sites excluding steroid dienone is 1. The van der Waals surface area contributed by atoms with Gasteiger partial charge in [0.05, 0.1) is 14.6 Å². The molecule has 1 aromatic carbocycles. The molecule has 0 fully saturated rings. The monoisotopic (exact) mass is 193 g/mol. The highest BCUT2D eigenvalue weighted by atomic mass is 32.2. The predicted octanol–water partition coefficient (Wildman–Crippen LogP) is 2.52. The molecule has 1 heterocycles. The molecule has 1 aliphatic heterocycles. The van der Waals surface area contributed by atoms with Crippen molar-refractivity contribution in [2.75, 3.05) is 6.26 Å². The van der Waals surface area contributed by atoms with Gasteiger partial charge in [0.25, 0.3) is 0 Å². The van der Waals surface area contributed by atoms with E-state index < -0.39 is 9.73 Å². The Balaban J connectivity index is 2.83. The number of hydrogen-bond acceptors (Lipinski definition) is 2. The van der Waals surface area contributed by atoms with Crippen molar-refractivity contribution in [3.05, 3.63) is 35.5 Å². The van der Waals surface area contributed by atoms with Gasteiger partial charge in [0.2, 0.25) is 0 Å². The molecule has 0 aliphatic carbocycles. The topological polar surface area (TPSA) is 29.4 Å². The number of rotatable bonds is 0. The summed E-state index contributed by atoms with van der Waals surface area (Å²) in [4.78, 5) is 0.848. The molecule has 1 atom stereocenters. The van der Waals surface area contributed by atoms with Gasteiger partial charge in [0.1, 0.15) is 0 Å². The first-order valence-corrected chi connectivity index (χ1v) is 6.01. The minimum absolute atomic E-state index is 0.839. The normalized spacial score (nSPS) is 25.8. The van der Waals surface area contributed by atoms with Gasteiger partial charge in [-0.1, -0.05) is 18.2 Å². The Morgan fingerprint density at radius 2 is 2.00 bits per heavy atom. The molecule has 2 rings (SSSR count). The molecule has 2 nitrogen and oxygen atoms in total. The molecular formula is C10H11NOS. The van der Waals surface area contributed by atoms with Crippen LogP contribution in [0.5, 0.6) is 0 Å². The van der Waals surface area contributed by atoms with Gasteiger partial charge in [-0.05, 0) is 24.6 Å². The van der Waals surface area contributed by atoms with Crippen LogP contribution in [0.1, 0.15) is 12.5 Å². The summed E-state index contributed by atoms with van der Waals surface area (Å²) in [5.41, 5.74) is 1.87. The van der Waals surface area contributed by atoms with Crippen LogP contribution < -0.4 is 0 Å². The van der Waals surface area contributed by atoms with Crippen LogP contribution in [0.15, 0.2) is 39.2 Å². The van der Waals surface area contributed by atoms with Gasteiger partial charge >= 0.3 is 0 Å². The second-order valence-electron chi connectivity index (χ2n) is 3.22. The lowest BCUT2D eigenvalue weighted by atomic mass is 10.2. The second kappa shape index (κ2) is 2.70. The van der Waals surface area contributed by atoms with E-state index in [2.05, 4.69) is 4.36 Å². The number of fused-ring (bicyclic) bond motifs is 1. The first-order chi connectivity index (χ1) is 6.09. The Kier molecular flexibility index (Phi) is 1.77. The van der Waals surface area contributed by atoms with Gasteiger partial charge in [-0.2, -0.15) is 0 Å². The Bertz CT molecular complexity index is 493. The molecule has 0 radical (unpaired) electrons. The Morgan fingerprint density at radius 3 is 2.77 bits per heavy atom. The maximum Gasteiger partial charge on any atom is 0.0774 e. The fourth-order valence-corrected chi connectivity index (χ4v) is 3.12. The zero-order valence-electron chi connectivity index (χ0n) is 7.65. The molecule has 0 saturated carbocycles. The fourth-order valence-electron chi connectivity index (χ4n) is 1.52. The van der Waals surface area contributed by atoms with Crippen LogP contribution in [0, 0.1) is 0 Å². The van der Waals surface area contributed by atoms with Crippen molar-refractivity contribution in [3.63, 3.8) is 0 Å². The number of benzene rings is 1. The van der Waals surface area contributed by atoms with Crippen LogP contribution in [0.25, 0.3) is 6.08 Å². The lowest BCUT2D eigenvalue weighted by molar-refractivity contribution is 0.679. The van der Waals surface area contributed by atoms with E-state index in [1.807, 2.05) is 37.3 Å². The van der Waals surface area contributed by atoms with Gasteiger partial charge in [-0.25, -0.2) is 8.57 Å². The van der Waals surface area contributed by atoms with E-state index in [1.54, 1.807) is 6.26 Å². The molecule has 13 heavy (non-hydrogen) atoms. The van der Waals surface area contributed by atoms with Gasteiger partial charge < -0.3 is 0 Å². The van der Waals surface area contributed by atoms with E-state index in [-0.39, 0.29) is 0 Å². The first kappa shape index (κ1) is 8.51. The average Bonchev–Trinajstić information content (AvgIpc) is 2.02. The largest absolute Gasteiger partial charge is 0.245 e. The summed E-state index contributed by atoms with van der Waals surface area (Å²) >= 11 is 0. The molecule has 0 spiro atoms. The summed E-state index contributed by atoms with van der Waals surface area (Å²) in [5.74, 6) is 0. The molecule has 0 amide bonds. The van der Waals surface area contributed by atoms with Crippen LogP contribution >= 0.6 is 0 Å². The van der Waals surface area contributed by atoms with Crippen LogP contribution in [0.2, 0.25) is 0 Å². The molecular weight excluding hydrogens is 182 g/mol. The Hall–Kier alpha value is -1.09. The Morgan fingerprint density at radius 1 is 1.31 bits per heavy atom. The zero-order valence-corrected chi connectivity index (χ0v) is 8.47. The van der Waals surface area contributed by atoms with E-state index in [9.17, 15) is 4.21 Å². The van der Waals surface area contributed by atoms with Crippen LogP contribution in [-0.4, -0.2) is 10.5 Å². The lowest BCUT2D eigenvalue weighted by Crippen LogP contribution is -2.03. The standard InChI is InChI=1S/C10H11NOS/c1-8-7-9-5-3-4-6-10(9)13(2,12)11-8/h3-7H,1-2H3. The summed E-state index contributed by atoms with van der Waals surface area (Å²) in [6, 6.07) is 7.69. The van der Waals surface area contributed by atoms with Crippen LogP contribution in [-0.2, 0) is 9.73 Å². The minimum atomic E-state index is -2.18. The highest BCUT2D eigenvalue weighted by Crippen LogP contribution is 2.25. The lowest BCUT2D eigenvalue weighted by Gasteiger charge is -2.13. The molecule has 0 saturated heterocycles. The van der Waals surface area contributed by atoms with Crippen molar-refractivity contribution >= 4 is 15.8 Å². The third-order valence-electron chi connectivity index (χ3n) is 2.01. The van der Waals surface area contributed by atoms with Gasteiger partial charge in [-0.15, -0.1) is 0 Å². The number of nitrogens with zero attached hydrogens (tertiary/aromatic N) is 1. The van der Waals surface area contributed by atoms with Crippen LogP contribution in [0.4, 0.5) is 0 Å². The highest BCUT2D eigenvalue weighted by molar-refractivity contribution is 7.93.